The molecule has 0 aliphatic heterocycles. The number of carbonyl (C=O) groups is 2. The number of allylic oxidation sites excluding steroid dienone is 15. The molecule has 2 N–H and O–H groups in total. The SMILES string of the molecule is CC/C=C\C/C=C\C/C=C\C/C=C\C/C=C\CCCCCCCCCC(=O)OC(/C=C\CCCCCCCCCCCC)C(COP(=O)(O)OCC[N+](C)(C)C)NC(=O)CCCCCCCCC/C=C\C/C=C\CCCCC. The minimum atomic E-state index is -4.46. The lowest BCUT2D eigenvalue weighted by Gasteiger charge is -2.27. The number of ether oxygens (including phenoxy) is 1. The maximum absolute atomic E-state index is 13.6. The molecule has 0 aromatic rings. The summed E-state index contributed by atoms with van der Waals surface area (Å²) in [5, 5.41) is 3.05. The number of hydrogen-bond acceptors (Lipinski definition) is 6. The fraction of sp³-hybridized carbons (Fsp3) is 0.735. The average molecular weight is 1110 g/mol. The summed E-state index contributed by atoms with van der Waals surface area (Å²) in [5.74, 6) is -0.528. The van der Waals surface area contributed by atoms with Crippen LogP contribution in [0, 0.1) is 0 Å². The van der Waals surface area contributed by atoms with Crippen LogP contribution in [0.25, 0.3) is 0 Å². The molecule has 0 rings (SSSR count). The number of carbonyl (C=O) groups excluding carboxylic acids is 2. The molecule has 0 aromatic carbocycles. The second-order valence-corrected chi connectivity index (χ2v) is 24.0. The Morgan fingerprint density at radius 3 is 1.26 bits per heavy atom. The van der Waals surface area contributed by atoms with Gasteiger partial charge in [0.25, 0.3) is 0 Å². The maximum Gasteiger partial charge on any atom is 0.472 e. The number of likely N-dealkylation sites (N-methyl/N-ethyl adjacent to an activating group) is 1. The molecule has 9 nitrogen and oxygen atoms in total. The van der Waals surface area contributed by atoms with Gasteiger partial charge in [0.15, 0.2) is 0 Å². The van der Waals surface area contributed by atoms with Crippen molar-refractivity contribution in [3.8, 4) is 0 Å². The Labute approximate surface area is 481 Å². The molecular weight excluding hydrogens is 988 g/mol. The minimum absolute atomic E-state index is 0.0325. The van der Waals surface area contributed by atoms with Gasteiger partial charge < -0.3 is 19.4 Å². The molecule has 0 aliphatic rings. The molecule has 78 heavy (non-hydrogen) atoms. The van der Waals surface area contributed by atoms with Gasteiger partial charge in [-0.1, -0.05) is 247 Å². The van der Waals surface area contributed by atoms with Crippen molar-refractivity contribution in [2.45, 2.75) is 283 Å². The second-order valence-electron chi connectivity index (χ2n) is 22.5. The summed E-state index contributed by atoms with van der Waals surface area (Å²) >= 11 is 0. The molecule has 0 fully saturated rings. The van der Waals surface area contributed by atoms with Gasteiger partial charge >= 0.3 is 13.8 Å². The lowest BCUT2D eigenvalue weighted by molar-refractivity contribution is -0.870. The van der Waals surface area contributed by atoms with Crippen LogP contribution in [0.15, 0.2) is 97.2 Å². The van der Waals surface area contributed by atoms with Crippen LogP contribution in [0.1, 0.15) is 271 Å². The fourth-order valence-electron chi connectivity index (χ4n) is 8.82. The largest absolute Gasteiger partial charge is 0.472 e. The van der Waals surface area contributed by atoms with E-state index in [1.807, 2.05) is 33.3 Å². The first-order valence-corrected chi connectivity index (χ1v) is 33.6. The topological polar surface area (TPSA) is 111 Å². The molecule has 0 aromatic heterocycles. The molecule has 0 aliphatic carbocycles. The van der Waals surface area contributed by atoms with Gasteiger partial charge in [-0.25, -0.2) is 4.57 Å². The number of esters is 1. The molecule has 10 heteroatoms. The Morgan fingerprint density at radius 2 is 0.821 bits per heavy atom. The zero-order valence-electron chi connectivity index (χ0n) is 51.4. The van der Waals surface area contributed by atoms with Crippen molar-refractivity contribution in [2.75, 3.05) is 40.9 Å². The number of amides is 1. The molecule has 450 valence electrons. The Balaban J connectivity index is 5.24. The van der Waals surface area contributed by atoms with Crippen molar-refractivity contribution in [3.05, 3.63) is 97.2 Å². The van der Waals surface area contributed by atoms with Crippen LogP contribution in [0.4, 0.5) is 0 Å². The zero-order valence-corrected chi connectivity index (χ0v) is 52.3. The van der Waals surface area contributed by atoms with Crippen molar-refractivity contribution < 1.29 is 37.3 Å². The molecule has 0 bridgehead atoms. The molecule has 0 saturated heterocycles. The standard InChI is InChI=1S/C68H121N2O7P/c1-7-10-13-16-19-22-25-28-30-32-33-34-35-36-37-39-41-43-46-49-52-55-58-61-68(72)77-66(59-56-53-50-47-44-27-24-21-18-15-12-9-3)65(64-76-78(73,74)75-63-62-70(4,5)6)69-67(71)60-57-54-51-48-45-42-40-38-31-29-26-23-20-17-14-11-8-2/h10,13,19-20,22-23,28-31,33-34,36-37,56,59,65-66H,7-9,11-12,14-18,21,24-27,32,35,38-55,57-58,60-64H2,1-6H3,(H-,69,71,73,74)/p+1/b13-10-,22-19-,23-20-,30-28-,31-29-,34-33-,37-36-,59-56-. The summed E-state index contributed by atoms with van der Waals surface area (Å²) in [6, 6.07) is -0.863. The first-order valence-electron chi connectivity index (χ1n) is 32.1. The number of hydrogen-bond donors (Lipinski definition) is 2. The van der Waals surface area contributed by atoms with E-state index in [4.69, 9.17) is 13.8 Å². The normalized spacial score (nSPS) is 14.3. The van der Waals surface area contributed by atoms with Crippen LogP contribution in [-0.2, 0) is 27.9 Å². The Kier molecular flexibility index (Phi) is 54.9. The van der Waals surface area contributed by atoms with E-state index in [9.17, 15) is 19.0 Å². The quantitative estimate of drug-likeness (QED) is 0.0205. The number of quaternary nitrogens is 1. The number of phosphoric acid groups is 1. The lowest BCUT2D eigenvalue weighted by atomic mass is 10.0. The number of phosphoric ester groups is 1. The first kappa shape index (κ1) is 74.9. The molecule has 0 heterocycles. The molecule has 3 atom stereocenters. The second kappa shape index (κ2) is 57.2. The Bertz CT molecular complexity index is 1660. The predicted molar refractivity (Wildman–Crippen MR) is 337 cm³/mol. The summed E-state index contributed by atoms with van der Waals surface area (Å²) in [6.07, 6.45) is 76.8. The minimum Gasteiger partial charge on any atom is -0.456 e. The van der Waals surface area contributed by atoms with Crippen molar-refractivity contribution in [3.63, 3.8) is 0 Å². The van der Waals surface area contributed by atoms with Crippen molar-refractivity contribution >= 4 is 19.7 Å². The summed E-state index contributed by atoms with van der Waals surface area (Å²) in [4.78, 5) is 37.8. The zero-order chi connectivity index (χ0) is 57.2. The summed E-state index contributed by atoms with van der Waals surface area (Å²) in [5.41, 5.74) is 0. The van der Waals surface area contributed by atoms with E-state index < -0.39 is 20.0 Å². The van der Waals surface area contributed by atoms with Gasteiger partial charge in [0.1, 0.15) is 19.3 Å². The first-order chi connectivity index (χ1) is 37.9. The van der Waals surface area contributed by atoms with E-state index in [1.54, 1.807) is 0 Å². The monoisotopic (exact) mass is 1110 g/mol. The van der Waals surface area contributed by atoms with Crippen molar-refractivity contribution in [1.29, 1.82) is 0 Å². The van der Waals surface area contributed by atoms with Crippen LogP contribution < -0.4 is 5.32 Å². The lowest BCUT2D eigenvalue weighted by Crippen LogP contribution is -2.47. The van der Waals surface area contributed by atoms with Crippen LogP contribution in [0.5, 0.6) is 0 Å². The molecular formula is C68H122N2O7P+. The average Bonchev–Trinajstić information content (AvgIpc) is 3.40. The van der Waals surface area contributed by atoms with Crippen LogP contribution >= 0.6 is 7.82 Å². The van der Waals surface area contributed by atoms with Gasteiger partial charge in [-0.3, -0.25) is 18.6 Å². The smallest absolute Gasteiger partial charge is 0.456 e. The fourth-order valence-corrected chi connectivity index (χ4v) is 9.56. The highest BCUT2D eigenvalue weighted by Gasteiger charge is 2.30. The van der Waals surface area contributed by atoms with Gasteiger partial charge in [0.05, 0.1) is 33.8 Å². The third-order valence-corrected chi connectivity index (χ3v) is 14.7. The van der Waals surface area contributed by atoms with E-state index in [0.717, 1.165) is 122 Å². The predicted octanol–water partition coefficient (Wildman–Crippen LogP) is 19.9. The van der Waals surface area contributed by atoms with Crippen molar-refractivity contribution in [2.24, 2.45) is 0 Å². The van der Waals surface area contributed by atoms with E-state index in [-0.39, 0.29) is 31.5 Å². The highest BCUT2D eigenvalue weighted by atomic mass is 31.2. The number of rotatable bonds is 57. The van der Waals surface area contributed by atoms with Crippen molar-refractivity contribution in [1.82, 2.24) is 5.32 Å². The summed E-state index contributed by atoms with van der Waals surface area (Å²) in [6.45, 7) is 6.86. The number of nitrogens with zero attached hydrogens (tertiary/aromatic N) is 1. The van der Waals surface area contributed by atoms with E-state index >= 15 is 0 Å². The van der Waals surface area contributed by atoms with E-state index in [0.29, 0.717) is 17.4 Å². The molecule has 0 radical (unpaired) electrons. The highest BCUT2D eigenvalue weighted by molar-refractivity contribution is 7.47. The van der Waals surface area contributed by atoms with Crippen LogP contribution in [-0.4, -0.2) is 74.3 Å². The third kappa shape index (κ3) is 57.6. The highest BCUT2D eigenvalue weighted by Crippen LogP contribution is 2.43. The van der Waals surface area contributed by atoms with Gasteiger partial charge in [0, 0.05) is 12.8 Å². The van der Waals surface area contributed by atoms with E-state index in [1.165, 1.54) is 116 Å². The van der Waals surface area contributed by atoms with Gasteiger partial charge in [-0.15, -0.1) is 0 Å². The van der Waals surface area contributed by atoms with Gasteiger partial charge in [-0.2, -0.15) is 0 Å². The third-order valence-electron chi connectivity index (χ3n) is 13.8. The maximum atomic E-state index is 13.6. The molecule has 0 saturated carbocycles. The number of nitrogens with one attached hydrogen (secondary N) is 1. The number of unbranched alkanes of at least 4 members (excludes halogenated alkanes) is 27. The molecule has 3 unspecified atom stereocenters. The summed E-state index contributed by atoms with van der Waals surface area (Å²) < 4.78 is 30.7. The van der Waals surface area contributed by atoms with E-state index in [2.05, 4.69) is 111 Å². The Morgan fingerprint density at radius 1 is 0.462 bits per heavy atom. The molecule has 0 spiro atoms. The Hall–Kier alpha value is -3.07. The van der Waals surface area contributed by atoms with Crippen LogP contribution in [0.3, 0.4) is 0 Å². The van der Waals surface area contributed by atoms with Gasteiger partial charge in [-0.05, 0) is 109 Å². The summed E-state index contributed by atoms with van der Waals surface area (Å²) in [7, 11) is 1.47. The van der Waals surface area contributed by atoms with Gasteiger partial charge in [0.2, 0.25) is 5.91 Å². The molecule has 1 amide bonds. The van der Waals surface area contributed by atoms with Crippen LogP contribution in [0.2, 0.25) is 0 Å².